The summed E-state index contributed by atoms with van der Waals surface area (Å²) in [5.74, 6) is 0.0752. The molecule has 3 heteroatoms. The van der Waals surface area contributed by atoms with E-state index in [0.717, 1.165) is 5.56 Å². The number of carbonyl (C=O) groups is 1. The molecular weight excluding hydrogens is 296 g/mol. The second-order valence-electron chi connectivity index (χ2n) is 6.17. The lowest BCUT2D eigenvalue weighted by Crippen LogP contribution is -2.44. The van der Waals surface area contributed by atoms with E-state index in [2.05, 4.69) is 30.3 Å². The van der Waals surface area contributed by atoms with E-state index in [4.69, 9.17) is 0 Å². The molecule has 2 aromatic rings. The molecule has 24 heavy (non-hydrogen) atoms. The molecule has 0 fully saturated rings. The zero-order valence-electron chi connectivity index (χ0n) is 13.9. The van der Waals surface area contributed by atoms with Crippen LogP contribution in [0.15, 0.2) is 72.4 Å². The lowest BCUT2D eigenvalue weighted by Gasteiger charge is -2.42. The predicted octanol–water partition coefficient (Wildman–Crippen LogP) is 4.21. The van der Waals surface area contributed by atoms with E-state index in [1.807, 2.05) is 49.4 Å². The van der Waals surface area contributed by atoms with Crippen molar-refractivity contribution in [3.63, 3.8) is 0 Å². The maximum absolute atomic E-state index is 12.1. The van der Waals surface area contributed by atoms with Gasteiger partial charge in [0, 0.05) is 24.8 Å². The third-order valence-corrected chi connectivity index (χ3v) is 4.73. The van der Waals surface area contributed by atoms with Crippen molar-refractivity contribution in [3.05, 3.63) is 83.6 Å². The number of benzene rings is 2. The van der Waals surface area contributed by atoms with Gasteiger partial charge in [0.2, 0.25) is 5.91 Å². The summed E-state index contributed by atoms with van der Waals surface area (Å²) in [7, 11) is 0. The third kappa shape index (κ3) is 2.83. The van der Waals surface area contributed by atoms with Crippen molar-refractivity contribution in [2.24, 2.45) is 0 Å². The SMILES string of the molecule is CC(=O)N1C(C#N)=C[C@H](c2ccccc2)[C@H](c2ccccc2)[C@@H]1C. The molecular formula is C21H20N2O. The number of carbonyl (C=O) groups excluding carboxylic acids is 1. The van der Waals surface area contributed by atoms with E-state index in [1.54, 1.807) is 4.90 Å². The molecule has 0 unspecified atom stereocenters. The first-order valence-electron chi connectivity index (χ1n) is 8.15. The van der Waals surface area contributed by atoms with E-state index in [-0.39, 0.29) is 23.8 Å². The van der Waals surface area contributed by atoms with Crippen LogP contribution in [-0.4, -0.2) is 16.8 Å². The zero-order valence-corrected chi connectivity index (χ0v) is 13.9. The summed E-state index contributed by atoms with van der Waals surface area (Å²) in [6.07, 6.45) is 1.94. The number of amides is 1. The van der Waals surface area contributed by atoms with Crippen LogP contribution in [0, 0.1) is 11.3 Å². The van der Waals surface area contributed by atoms with Gasteiger partial charge in [0.15, 0.2) is 0 Å². The van der Waals surface area contributed by atoms with Gasteiger partial charge >= 0.3 is 0 Å². The van der Waals surface area contributed by atoms with Gasteiger partial charge in [-0.15, -0.1) is 0 Å². The van der Waals surface area contributed by atoms with E-state index >= 15 is 0 Å². The molecule has 1 aliphatic heterocycles. The number of allylic oxidation sites excluding steroid dienone is 2. The van der Waals surface area contributed by atoms with Crippen LogP contribution in [0.2, 0.25) is 0 Å². The average Bonchev–Trinajstić information content (AvgIpc) is 2.61. The molecule has 120 valence electrons. The Balaban J connectivity index is 2.17. The van der Waals surface area contributed by atoms with Gasteiger partial charge in [-0.3, -0.25) is 4.79 Å². The normalized spacial score (nSPS) is 23.3. The summed E-state index contributed by atoms with van der Waals surface area (Å²) < 4.78 is 0. The van der Waals surface area contributed by atoms with Crippen molar-refractivity contribution < 1.29 is 4.79 Å². The van der Waals surface area contributed by atoms with Gasteiger partial charge in [0.25, 0.3) is 0 Å². The van der Waals surface area contributed by atoms with Crippen LogP contribution in [0.5, 0.6) is 0 Å². The molecule has 0 aromatic heterocycles. The number of nitrogens with zero attached hydrogens (tertiary/aromatic N) is 2. The second kappa shape index (κ2) is 6.72. The van der Waals surface area contributed by atoms with Gasteiger partial charge in [-0.2, -0.15) is 5.26 Å². The van der Waals surface area contributed by atoms with Crippen LogP contribution in [0.1, 0.15) is 36.8 Å². The zero-order chi connectivity index (χ0) is 17.1. The highest BCUT2D eigenvalue weighted by atomic mass is 16.2. The number of nitriles is 1. The van der Waals surface area contributed by atoms with E-state index in [1.165, 1.54) is 12.5 Å². The molecule has 1 heterocycles. The van der Waals surface area contributed by atoms with Crippen molar-refractivity contribution in [2.45, 2.75) is 31.7 Å². The summed E-state index contributed by atoms with van der Waals surface area (Å²) in [5, 5.41) is 9.54. The fourth-order valence-electron chi connectivity index (χ4n) is 3.72. The first kappa shape index (κ1) is 16.0. The minimum absolute atomic E-state index is 0.0637. The molecule has 3 atom stereocenters. The van der Waals surface area contributed by atoms with E-state index in [9.17, 15) is 10.1 Å². The first-order chi connectivity index (χ1) is 11.6. The quantitative estimate of drug-likeness (QED) is 0.833. The smallest absolute Gasteiger partial charge is 0.224 e. The Bertz CT molecular complexity index is 790. The van der Waals surface area contributed by atoms with Crippen molar-refractivity contribution >= 4 is 5.91 Å². The molecule has 0 bridgehead atoms. The first-order valence-corrected chi connectivity index (χ1v) is 8.15. The van der Waals surface area contributed by atoms with Gasteiger partial charge in [-0.1, -0.05) is 60.7 Å². The lowest BCUT2D eigenvalue weighted by molar-refractivity contribution is -0.129. The summed E-state index contributed by atoms with van der Waals surface area (Å²) in [4.78, 5) is 13.8. The molecule has 0 N–H and O–H groups in total. The number of hydrogen-bond donors (Lipinski definition) is 0. The van der Waals surface area contributed by atoms with Gasteiger partial charge in [-0.05, 0) is 24.1 Å². The van der Waals surface area contributed by atoms with Crippen LogP contribution in [0.3, 0.4) is 0 Å². The highest BCUT2D eigenvalue weighted by Gasteiger charge is 2.38. The monoisotopic (exact) mass is 316 g/mol. The Kier molecular flexibility index (Phi) is 4.48. The van der Waals surface area contributed by atoms with Crippen molar-refractivity contribution in [2.75, 3.05) is 0 Å². The maximum atomic E-state index is 12.1. The van der Waals surface area contributed by atoms with Crippen molar-refractivity contribution in [1.29, 1.82) is 5.26 Å². The Hall–Kier alpha value is -2.86. The molecule has 3 nitrogen and oxygen atoms in total. The van der Waals surface area contributed by atoms with Crippen LogP contribution in [0.4, 0.5) is 0 Å². The molecule has 0 spiro atoms. The summed E-state index contributed by atoms with van der Waals surface area (Å²) in [6.45, 7) is 3.55. The van der Waals surface area contributed by atoms with Crippen LogP contribution >= 0.6 is 0 Å². The van der Waals surface area contributed by atoms with Crippen molar-refractivity contribution in [3.8, 4) is 6.07 Å². The van der Waals surface area contributed by atoms with Crippen LogP contribution < -0.4 is 0 Å². The fourth-order valence-corrected chi connectivity index (χ4v) is 3.72. The van der Waals surface area contributed by atoms with Gasteiger partial charge in [-0.25, -0.2) is 0 Å². The van der Waals surface area contributed by atoms with Crippen LogP contribution in [0.25, 0.3) is 0 Å². The lowest BCUT2D eigenvalue weighted by atomic mass is 9.74. The van der Waals surface area contributed by atoms with E-state index in [0.29, 0.717) is 5.70 Å². The van der Waals surface area contributed by atoms with Crippen molar-refractivity contribution in [1.82, 2.24) is 4.90 Å². The summed E-state index contributed by atoms with van der Waals surface area (Å²) in [5.41, 5.74) is 2.78. The molecule has 1 aliphatic rings. The Morgan fingerprint density at radius 2 is 1.54 bits per heavy atom. The highest BCUT2D eigenvalue weighted by molar-refractivity contribution is 5.77. The summed E-state index contributed by atoms with van der Waals surface area (Å²) >= 11 is 0. The fraction of sp³-hybridized carbons (Fsp3) is 0.238. The molecule has 1 amide bonds. The average molecular weight is 316 g/mol. The molecule has 0 aliphatic carbocycles. The Morgan fingerprint density at radius 3 is 2.04 bits per heavy atom. The largest absolute Gasteiger partial charge is 0.300 e. The minimum Gasteiger partial charge on any atom is -0.300 e. The summed E-state index contributed by atoms with van der Waals surface area (Å²) in [6, 6.07) is 22.5. The number of hydrogen-bond acceptors (Lipinski definition) is 2. The van der Waals surface area contributed by atoms with Gasteiger partial charge < -0.3 is 4.90 Å². The van der Waals surface area contributed by atoms with Crippen LogP contribution in [-0.2, 0) is 4.79 Å². The molecule has 3 rings (SSSR count). The minimum atomic E-state index is -0.0947. The van der Waals surface area contributed by atoms with E-state index < -0.39 is 0 Å². The third-order valence-electron chi connectivity index (χ3n) is 4.73. The van der Waals surface area contributed by atoms with Gasteiger partial charge in [0.1, 0.15) is 11.8 Å². The molecule has 0 saturated carbocycles. The van der Waals surface area contributed by atoms with Gasteiger partial charge in [0.05, 0.1) is 0 Å². The Labute approximate surface area is 142 Å². The Morgan fingerprint density at radius 1 is 1.00 bits per heavy atom. The standard InChI is InChI=1S/C21H20N2O/c1-15-21(18-11-7-4-8-12-18)20(17-9-5-3-6-10-17)13-19(14-22)23(15)16(2)24/h3-13,15,20-21H,1-2H3/t15-,20+,21-/m0/s1. The molecule has 2 aromatic carbocycles. The number of rotatable bonds is 2. The highest BCUT2D eigenvalue weighted by Crippen LogP contribution is 2.43. The second-order valence-corrected chi connectivity index (χ2v) is 6.17. The molecule has 0 saturated heterocycles. The predicted molar refractivity (Wildman–Crippen MR) is 94.0 cm³/mol. The topological polar surface area (TPSA) is 44.1 Å². The molecule has 0 radical (unpaired) electrons. The maximum Gasteiger partial charge on any atom is 0.224 e.